The summed E-state index contributed by atoms with van der Waals surface area (Å²) in [6, 6.07) is 14.1. The van der Waals surface area contributed by atoms with Gasteiger partial charge >= 0.3 is 0 Å². The van der Waals surface area contributed by atoms with Crippen molar-refractivity contribution in [3.05, 3.63) is 76.9 Å². The van der Waals surface area contributed by atoms with Crippen LogP contribution < -0.4 is 15.5 Å². The van der Waals surface area contributed by atoms with Gasteiger partial charge < -0.3 is 29.6 Å². The van der Waals surface area contributed by atoms with Gasteiger partial charge in [-0.15, -0.1) is 0 Å². The molecule has 0 radical (unpaired) electrons. The largest absolute Gasteiger partial charge is 0.379 e. The molecule has 1 amide bonds. The molecule has 0 spiro atoms. The fourth-order valence-corrected chi connectivity index (χ4v) is 6.30. The SMILES string of the molecule is COCC(=O)Nc1ccc(N2C(=S)N[C@@H](c3ccccn3)[C@H]2c2cc(C)n(CCCN3CCOCC3)c2C)cc1C. The number of hydrogen-bond donors (Lipinski definition) is 2. The van der Waals surface area contributed by atoms with E-state index in [-0.39, 0.29) is 24.6 Å². The van der Waals surface area contributed by atoms with Crippen molar-refractivity contribution < 1.29 is 14.3 Å². The summed E-state index contributed by atoms with van der Waals surface area (Å²) in [4.78, 5) is 21.5. The third kappa shape index (κ3) is 6.46. The van der Waals surface area contributed by atoms with Gasteiger partial charge in [0.1, 0.15) is 6.61 Å². The first-order chi connectivity index (χ1) is 19.9. The Kier molecular flexibility index (Phi) is 9.34. The van der Waals surface area contributed by atoms with Crippen molar-refractivity contribution in [3.8, 4) is 0 Å². The first-order valence-corrected chi connectivity index (χ1v) is 14.6. The molecular weight excluding hydrogens is 536 g/mol. The standard InChI is InChI=1S/C31H40N6O3S/c1-21-18-24(9-10-26(21)33-28(38)20-39-4)37-30(29(34-31(37)41)27-8-5-6-11-32-27)25-19-22(2)36(23(25)3)13-7-12-35-14-16-40-17-15-35/h5-6,8-11,18-19,29-30H,7,12-17,20H2,1-4H3,(H,33,38)(H,34,41)/t29-,30+/m0/s1. The summed E-state index contributed by atoms with van der Waals surface area (Å²) in [7, 11) is 1.51. The third-order valence-corrected chi connectivity index (χ3v) is 8.34. The number of pyridine rings is 1. The van der Waals surface area contributed by atoms with Crippen LogP contribution in [0.1, 0.15) is 46.7 Å². The van der Waals surface area contributed by atoms with E-state index in [0.29, 0.717) is 5.11 Å². The quantitative estimate of drug-likeness (QED) is 0.346. The number of aromatic nitrogens is 2. The van der Waals surface area contributed by atoms with E-state index in [1.807, 2.05) is 37.4 Å². The number of ether oxygens (including phenoxy) is 2. The van der Waals surface area contributed by atoms with Gasteiger partial charge in [-0.1, -0.05) is 6.07 Å². The zero-order chi connectivity index (χ0) is 28.9. The summed E-state index contributed by atoms with van der Waals surface area (Å²) in [5.41, 5.74) is 7.32. The number of hydrogen-bond acceptors (Lipinski definition) is 6. The van der Waals surface area contributed by atoms with E-state index in [9.17, 15) is 4.79 Å². The van der Waals surface area contributed by atoms with E-state index >= 15 is 0 Å². The molecule has 2 fully saturated rings. The van der Waals surface area contributed by atoms with Crippen LogP contribution in [0.25, 0.3) is 0 Å². The summed E-state index contributed by atoms with van der Waals surface area (Å²) in [5.74, 6) is -0.184. The van der Waals surface area contributed by atoms with Gasteiger partial charge in [-0.25, -0.2) is 0 Å². The second-order valence-corrected chi connectivity index (χ2v) is 11.1. The van der Waals surface area contributed by atoms with E-state index in [4.69, 9.17) is 26.7 Å². The lowest BCUT2D eigenvalue weighted by Crippen LogP contribution is -2.37. The van der Waals surface area contributed by atoms with Crippen LogP contribution in [-0.4, -0.2) is 72.0 Å². The normalized spacial score (nSPS) is 19.4. The highest BCUT2D eigenvalue weighted by atomic mass is 32.1. The number of anilines is 2. The first-order valence-electron chi connectivity index (χ1n) is 14.2. The number of nitrogens with one attached hydrogen (secondary N) is 2. The van der Waals surface area contributed by atoms with Crippen molar-refractivity contribution in [1.82, 2.24) is 19.8 Å². The number of rotatable bonds is 10. The van der Waals surface area contributed by atoms with Gasteiger partial charge in [-0.3, -0.25) is 14.7 Å². The summed E-state index contributed by atoms with van der Waals surface area (Å²) in [6.45, 7) is 12.1. The Balaban J connectivity index is 1.46. The predicted octanol–water partition coefficient (Wildman–Crippen LogP) is 4.29. The zero-order valence-corrected chi connectivity index (χ0v) is 25.2. The van der Waals surface area contributed by atoms with Crippen molar-refractivity contribution in [2.45, 2.75) is 45.8 Å². The number of thiocarbonyl (C=S) groups is 1. The van der Waals surface area contributed by atoms with Gasteiger partial charge in [0.25, 0.3) is 0 Å². The fourth-order valence-electron chi connectivity index (χ4n) is 5.95. The number of morpholine rings is 1. The van der Waals surface area contributed by atoms with Crippen LogP contribution in [0.15, 0.2) is 48.7 Å². The average Bonchev–Trinajstić information content (AvgIpc) is 3.46. The van der Waals surface area contributed by atoms with Gasteiger partial charge in [-0.05, 0) is 86.9 Å². The molecule has 5 rings (SSSR count). The predicted molar refractivity (Wildman–Crippen MR) is 165 cm³/mol. The van der Waals surface area contributed by atoms with Crippen molar-refractivity contribution in [3.63, 3.8) is 0 Å². The minimum absolute atomic E-state index is 0.0111. The number of amides is 1. The first kappa shape index (κ1) is 29.2. The van der Waals surface area contributed by atoms with Crippen LogP contribution in [0, 0.1) is 20.8 Å². The average molecular weight is 577 g/mol. The van der Waals surface area contributed by atoms with Crippen molar-refractivity contribution in [2.24, 2.45) is 0 Å². The number of nitrogens with zero attached hydrogens (tertiary/aromatic N) is 4. The van der Waals surface area contributed by atoms with Gasteiger partial charge in [0.15, 0.2) is 5.11 Å². The number of carbonyl (C=O) groups excluding carboxylic acids is 1. The molecule has 2 saturated heterocycles. The van der Waals surface area contributed by atoms with E-state index in [2.05, 4.69) is 57.0 Å². The Bertz CT molecular complexity index is 1370. The van der Waals surface area contributed by atoms with E-state index in [1.165, 1.54) is 24.1 Å². The molecule has 41 heavy (non-hydrogen) atoms. The lowest BCUT2D eigenvalue weighted by atomic mass is 9.96. The lowest BCUT2D eigenvalue weighted by Gasteiger charge is -2.29. The van der Waals surface area contributed by atoms with Gasteiger partial charge in [-0.2, -0.15) is 0 Å². The maximum absolute atomic E-state index is 12.1. The molecule has 2 N–H and O–H groups in total. The van der Waals surface area contributed by atoms with Crippen molar-refractivity contribution in [2.75, 3.05) is 56.8 Å². The molecule has 0 aliphatic carbocycles. The zero-order valence-electron chi connectivity index (χ0n) is 24.4. The number of carbonyl (C=O) groups is 1. The van der Waals surface area contributed by atoms with Gasteiger partial charge in [0, 0.05) is 62.2 Å². The summed E-state index contributed by atoms with van der Waals surface area (Å²) in [6.07, 6.45) is 2.91. The van der Waals surface area contributed by atoms with Crippen LogP contribution >= 0.6 is 12.2 Å². The van der Waals surface area contributed by atoms with Crippen LogP contribution in [0.3, 0.4) is 0 Å². The molecule has 2 atom stereocenters. The topological polar surface area (TPSA) is 83.9 Å². The highest BCUT2D eigenvalue weighted by Crippen LogP contribution is 2.44. The molecule has 218 valence electrons. The summed E-state index contributed by atoms with van der Waals surface area (Å²) in [5, 5.41) is 7.15. The third-order valence-electron chi connectivity index (χ3n) is 8.03. The van der Waals surface area contributed by atoms with E-state index < -0.39 is 0 Å². The second-order valence-electron chi connectivity index (χ2n) is 10.8. The summed E-state index contributed by atoms with van der Waals surface area (Å²) < 4.78 is 12.9. The molecule has 2 aliphatic rings. The Morgan fingerprint density at radius 1 is 1.15 bits per heavy atom. The second kappa shape index (κ2) is 13.1. The lowest BCUT2D eigenvalue weighted by molar-refractivity contribution is -0.119. The van der Waals surface area contributed by atoms with E-state index in [0.717, 1.165) is 68.4 Å². The van der Waals surface area contributed by atoms with Crippen LogP contribution in [0.4, 0.5) is 11.4 Å². The molecule has 10 heteroatoms. The molecule has 0 bridgehead atoms. The molecule has 3 aromatic rings. The van der Waals surface area contributed by atoms with E-state index in [1.54, 1.807) is 0 Å². The maximum atomic E-state index is 12.1. The molecule has 0 saturated carbocycles. The smallest absolute Gasteiger partial charge is 0.250 e. The van der Waals surface area contributed by atoms with Crippen molar-refractivity contribution >= 4 is 34.6 Å². The van der Waals surface area contributed by atoms with Crippen LogP contribution in [0.2, 0.25) is 0 Å². The summed E-state index contributed by atoms with van der Waals surface area (Å²) >= 11 is 5.96. The molecule has 1 aromatic carbocycles. The Labute approximate surface area is 247 Å². The van der Waals surface area contributed by atoms with Crippen LogP contribution in [-0.2, 0) is 20.8 Å². The molecule has 0 unspecified atom stereocenters. The van der Waals surface area contributed by atoms with Gasteiger partial charge in [0.05, 0.1) is 31.0 Å². The maximum Gasteiger partial charge on any atom is 0.250 e. The van der Waals surface area contributed by atoms with Gasteiger partial charge in [0.2, 0.25) is 5.91 Å². The number of methoxy groups -OCH3 is 1. The highest BCUT2D eigenvalue weighted by molar-refractivity contribution is 7.80. The molecule has 2 aromatic heterocycles. The Morgan fingerprint density at radius 3 is 2.66 bits per heavy atom. The highest BCUT2D eigenvalue weighted by Gasteiger charge is 2.42. The Morgan fingerprint density at radius 2 is 1.95 bits per heavy atom. The molecule has 9 nitrogen and oxygen atoms in total. The molecule has 2 aliphatic heterocycles. The minimum Gasteiger partial charge on any atom is -0.379 e. The monoisotopic (exact) mass is 576 g/mol. The fraction of sp³-hybridized carbons (Fsp3) is 0.452. The number of benzene rings is 1. The Hall–Kier alpha value is -3.31. The number of aryl methyl sites for hydroxylation is 2. The molecule has 4 heterocycles. The van der Waals surface area contributed by atoms with Crippen LogP contribution in [0.5, 0.6) is 0 Å². The minimum atomic E-state index is -0.184. The molecular formula is C31H40N6O3S. The van der Waals surface area contributed by atoms with Crippen molar-refractivity contribution in [1.29, 1.82) is 0 Å².